The smallest absolute Gasteiger partial charge is 0.239 e. The van der Waals surface area contributed by atoms with Gasteiger partial charge in [-0.15, -0.1) is 0 Å². The average Bonchev–Trinajstić information content (AvgIpc) is 2.51. The van der Waals surface area contributed by atoms with E-state index in [1.165, 1.54) is 0 Å². The number of morpholine rings is 1. The molecule has 22 heavy (non-hydrogen) atoms. The van der Waals surface area contributed by atoms with Gasteiger partial charge in [0.1, 0.15) is 5.41 Å². The molecule has 1 heterocycles. The number of carbonyl (C=O) groups excluding carboxylic acids is 2. The molecule has 1 aliphatic heterocycles. The Kier molecular flexibility index (Phi) is 5.32. The van der Waals surface area contributed by atoms with Crippen molar-refractivity contribution in [3.05, 3.63) is 28.2 Å². The number of ether oxygens (including phenoxy) is 1. The molecule has 0 aliphatic carbocycles. The van der Waals surface area contributed by atoms with Crippen molar-refractivity contribution in [1.29, 1.82) is 0 Å². The topological polar surface area (TPSA) is 58.6 Å². The maximum Gasteiger partial charge on any atom is 0.239 e. The molecule has 0 atom stereocenters. The van der Waals surface area contributed by atoms with Crippen molar-refractivity contribution in [2.45, 2.75) is 13.8 Å². The van der Waals surface area contributed by atoms with Crippen LogP contribution < -0.4 is 5.32 Å². The Morgan fingerprint density at radius 1 is 1.18 bits per heavy atom. The van der Waals surface area contributed by atoms with Gasteiger partial charge in [0.25, 0.3) is 0 Å². The van der Waals surface area contributed by atoms with Crippen LogP contribution >= 0.6 is 23.2 Å². The van der Waals surface area contributed by atoms with Gasteiger partial charge in [-0.3, -0.25) is 9.59 Å². The van der Waals surface area contributed by atoms with Gasteiger partial charge in [0, 0.05) is 13.1 Å². The zero-order chi connectivity index (χ0) is 16.3. The van der Waals surface area contributed by atoms with Crippen molar-refractivity contribution in [3.8, 4) is 0 Å². The van der Waals surface area contributed by atoms with Gasteiger partial charge in [-0.1, -0.05) is 29.3 Å². The predicted octanol–water partition coefficient (Wildman–Crippen LogP) is 2.82. The molecule has 0 aromatic heterocycles. The average molecular weight is 345 g/mol. The maximum absolute atomic E-state index is 12.6. The fourth-order valence-electron chi connectivity index (χ4n) is 2.15. The van der Waals surface area contributed by atoms with E-state index in [9.17, 15) is 9.59 Å². The standard InChI is InChI=1S/C15H18Cl2N2O3/c1-15(2,14(21)19-6-8-22-9-7-19)13(20)18-12-10(16)4-3-5-11(12)17/h3-5H,6-9H2,1-2H3,(H,18,20). The molecule has 0 unspecified atom stereocenters. The molecule has 0 spiro atoms. The Bertz CT molecular complexity index is 564. The normalized spacial score (nSPS) is 15.5. The Morgan fingerprint density at radius 2 is 1.73 bits per heavy atom. The van der Waals surface area contributed by atoms with Gasteiger partial charge in [-0.05, 0) is 26.0 Å². The first-order valence-electron chi connectivity index (χ1n) is 6.96. The van der Waals surface area contributed by atoms with Crippen LogP contribution in [0.1, 0.15) is 13.8 Å². The molecule has 1 N–H and O–H groups in total. The predicted molar refractivity (Wildman–Crippen MR) is 86.3 cm³/mol. The first-order valence-corrected chi connectivity index (χ1v) is 7.72. The van der Waals surface area contributed by atoms with Gasteiger partial charge in [0.05, 0.1) is 28.9 Å². The van der Waals surface area contributed by atoms with E-state index in [4.69, 9.17) is 27.9 Å². The Balaban J connectivity index is 2.14. The van der Waals surface area contributed by atoms with Gasteiger partial charge in [-0.25, -0.2) is 0 Å². The number of nitrogens with zero attached hydrogens (tertiary/aromatic N) is 1. The Labute approximate surface area is 139 Å². The summed E-state index contributed by atoms with van der Waals surface area (Å²) < 4.78 is 5.22. The summed E-state index contributed by atoms with van der Waals surface area (Å²) in [5.74, 6) is -0.685. The lowest BCUT2D eigenvalue weighted by Gasteiger charge is -2.33. The summed E-state index contributed by atoms with van der Waals surface area (Å²) in [4.78, 5) is 26.7. The summed E-state index contributed by atoms with van der Waals surface area (Å²) in [6.07, 6.45) is 0. The number of anilines is 1. The van der Waals surface area contributed by atoms with E-state index >= 15 is 0 Å². The summed E-state index contributed by atoms with van der Waals surface area (Å²) in [5.41, 5.74) is -0.904. The number of hydrogen-bond donors (Lipinski definition) is 1. The molecule has 1 aromatic carbocycles. The molecule has 7 heteroatoms. The van der Waals surface area contributed by atoms with Crippen LogP contribution in [0.2, 0.25) is 10.0 Å². The van der Waals surface area contributed by atoms with E-state index in [2.05, 4.69) is 5.32 Å². The van der Waals surface area contributed by atoms with Crippen molar-refractivity contribution in [1.82, 2.24) is 4.90 Å². The van der Waals surface area contributed by atoms with Crippen molar-refractivity contribution in [2.75, 3.05) is 31.6 Å². The first-order chi connectivity index (χ1) is 10.3. The molecular formula is C15H18Cl2N2O3. The van der Waals surface area contributed by atoms with E-state index in [-0.39, 0.29) is 5.91 Å². The van der Waals surface area contributed by atoms with Crippen molar-refractivity contribution in [2.24, 2.45) is 5.41 Å². The van der Waals surface area contributed by atoms with Crippen LogP contribution in [0, 0.1) is 5.41 Å². The van der Waals surface area contributed by atoms with E-state index in [0.717, 1.165) is 0 Å². The number of benzene rings is 1. The quantitative estimate of drug-likeness (QED) is 0.857. The summed E-state index contributed by atoms with van der Waals surface area (Å²) in [7, 11) is 0. The molecule has 1 fully saturated rings. The van der Waals surface area contributed by atoms with Crippen LogP contribution in [0.3, 0.4) is 0 Å². The minimum absolute atomic E-state index is 0.239. The van der Waals surface area contributed by atoms with Gasteiger partial charge in [0.2, 0.25) is 11.8 Å². The zero-order valence-corrected chi connectivity index (χ0v) is 14.0. The second-order valence-electron chi connectivity index (χ2n) is 5.58. The highest BCUT2D eigenvalue weighted by Crippen LogP contribution is 2.32. The summed E-state index contributed by atoms with van der Waals surface area (Å²) >= 11 is 12.1. The monoisotopic (exact) mass is 344 g/mol. The molecule has 0 saturated carbocycles. The highest BCUT2D eigenvalue weighted by molar-refractivity contribution is 6.40. The number of hydrogen-bond acceptors (Lipinski definition) is 3. The second-order valence-corrected chi connectivity index (χ2v) is 6.39. The first kappa shape index (κ1) is 17.1. The molecule has 1 aliphatic rings. The Hall–Kier alpha value is -1.30. The van der Waals surface area contributed by atoms with Crippen molar-refractivity contribution >= 4 is 40.7 Å². The summed E-state index contributed by atoms with van der Waals surface area (Å²) in [6.45, 7) is 5.13. The SMILES string of the molecule is CC(C)(C(=O)Nc1c(Cl)cccc1Cl)C(=O)N1CCOCC1. The number of nitrogens with one attached hydrogen (secondary N) is 1. The number of para-hydroxylation sites is 1. The van der Waals surface area contributed by atoms with Crippen LogP contribution in [-0.2, 0) is 14.3 Å². The zero-order valence-electron chi connectivity index (χ0n) is 12.5. The molecule has 0 radical (unpaired) electrons. The maximum atomic E-state index is 12.6. The van der Waals surface area contributed by atoms with E-state index in [0.29, 0.717) is 42.0 Å². The van der Waals surface area contributed by atoms with Crippen LogP contribution in [0.25, 0.3) is 0 Å². The van der Waals surface area contributed by atoms with Crippen LogP contribution in [0.5, 0.6) is 0 Å². The minimum Gasteiger partial charge on any atom is -0.378 e. The molecule has 2 rings (SSSR count). The summed E-state index contributed by atoms with van der Waals surface area (Å²) in [5, 5.41) is 3.32. The molecule has 120 valence electrons. The molecule has 0 bridgehead atoms. The Morgan fingerprint density at radius 3 is 2.27 bits per heavy atom. The lowest BCUT2D eigenvalue weighted by atomic mass is 9.90. The number of halogens is 2. The van der Waals surface area contributed by atoms with Crippen molar-refractivity contribution < 1.29 is 14.3 Å². The van der Waals surface area contributed by atoms with Crippen LogP contribution in [-0.4, -0.2) is 43.0 Å². The highest BCUT2D eigenvalue weighted by atomic mass is 35.5. The second kappa shape index (κ2) is 6.86. The fourth-order valence-corrected chi connectivity index (χ4v) is 2.64. The van der Waals surface area contributed by atoms with Gasteiger partial charge < -0.3 is 15.0 Å². The third-order valence-corrected chi connectivity index (χ3v) is 4.23. The molecular weight excluding hydrogens is 327 g/mol. The minimum atomic E-state index is -1.22. The molecule has 5 nitrogen and oxygen atoms in total. The number of carbonyl (C=O) groups is 2. The highest BCUT2D eigenvalue weighted by Gasteiger charge is 2.40. The lowest BCUT2D eigenvalue weighted by Crippen LogP contribution is -2.51. The fraction of sp³-hybridized carbons (Fsp3) is 0.467. The molecule has 1 saturated heterocycles. The van der Waals surface area contributed by atoms with E-state index in [1.807, 2.05) is 0 Å². The molecule has 2 amide bonds. The third-order valence-electron chi connectivity index (χ3n) is 3.60. The number of rotatable bonds is 3. The van der Waals surface area contributed by atoms with Crippen molar-refractivity contribution in [3.63, 3.8) is 0 Å². The lowest BCUT2D eigenvalue weighted by molar-refractivity contribution is -0.149. The molecule has 1 aromatic rings. The number of amides is 2. The third kappa shape index (κ3) is 3.54. The van der Waals surface area contributed by atoms with Gasteiger partial charge >= 0.3 is 0 Å². The van der Waals surface area contributed by atoms with E-state index in [1.54, 1.807) is 36.9 Å². The summed E-state index contributed by atoms with van der Waals surface area (Å²) in [6, 6.07) is 4.93. The van der Waals surface area contributed by atoms with Crippen LogP contribution in [0.15, 0.2) is 18.2 Å². The van der Waals surface area contributed by atoms with Crippen LogP contribution in [0.4, 0.5) is 5.69 Å². The van der Waals surface area contributed by atoms with Gasteiger partial charge in [-0.2, -0.15) is 0 Å². The largest absolute Gasteiger partial charge is 0.378 e. The van der Waals surface area contributed by atoms with Gasteiger partial charge in [0.15, 0.2) is 0 Å². The van der Waals surface area contributed by atoms with E-state index < -0.39 is 11.3 Å².